The average molecular weight is 392 g/mol. The Morgan fingerprint density at radius 2 is 2.16 bits per heavy atom. The molecule has 0 amide bonds. The van der Waals surface area contributed by atoms with Crippen LogP contribution in [0.1, 0.15) is 5.56 Å². The molecule has 2 aromatic rings. The van der Waals surface area contributed by atoms with Gasteiger partial charge in [0.2, 0.25) is 0 Å². The zero-order valence-corrected chi connectivity index (χ0v) is 13.0. The van der Waals surface area contributed by atoms with Crippen LogP contribution in [0.15, 0.2) is 38.1 Å². The molecule has 0 saturated carbocycles. The van der Waals surface area contributed by atoms with Crippen LogP contribution in [0.2, 0.25) is 0 Å². The number of hydrogen-bond donors (Lipinski definition) is 0. The van der Waals surface area contributed by atoms with E-state index in [-0.39, 0.29) is 17.9 Å². The Balaban J connectivity index is 2.34. The summed E-state index contributed by atoms with van der Waals surface area (Å²) in [5, 5.41) is 3.98. The van der Waals surface area contributed by atoms with Gasteiger partial charge in [0.25, 0.3) is 5.56 Å². The van der Waals surface area contributed by atoms with Crippen molar-refractivity contribution in [2.45, 2.75) is 6.54 Å². The normalized spacial score (nSPS) is 10.5. The molecule has 1 heterocycles. The minimum Gasteiger partial charge on any atom is -0.494 e. The van der Waals surface area contributed by atoms with E-state index in [9.17, 15) is 9.18 Å². The highest BCUT2D eigenvalue weighted by Gasteiger charge is 2.09. The summed E-state index contributed by atoms with van der Waals surface area (Å²) in [6, 6.07) is 4.53. The molecule has 0 aliphatic rings. The SMILES string of the molecule is COc1ccc(Cn2ncc(Br)c(Br)c2=O)cc1F. The molecule has 100 valence electrons. The van der Waals surface area contributed by atoms with Gasteiger partial charge in [0.1, 0.15) is 4.47 Å². The largest absolute Gasteiger partial charge is 0.494 e. The van der Waals surface area contributed by atoms with Crippen molar-refractivity contribution in [2.24, 2.45) is 0 Å². The average Bonchev–Trinajstić information content (AvgIpc) is 2.40. The molecular weight excluding hydrogens is 383 g/mol. The second-order valence-corrected chi connectivity index (χ2v) is 5.39. The zero-order chi connectivity index (χ0) is 14.0. The summed E-state index contributed by atoms with van der Waals surface area (Å²) in [4.78, 5) is 11.9. The molecule has 19 heavy (non-hydrogen) atoms. The molecule has 0 radical (unpaired) electrons. The third-order valence-corrected chi connectivity index (χ3v) is 4.39. The van der Waals surface area contributed by atoms with Crippen LogP contribution in [-0.2, 0) is 6.54 Å². The zero-order valence-electron chi connectivity index (χ0n) is 9.86. The minimum absolute atomic E-state index is 0.168. The van der Waals surface area contributed by atoms with Crippen LogP contribution in [0.25, 0.3) is 0 Å². The van der Waals surface area contributed by atoms with Crippen molar-refractivity contribution >= 4 is 31.9 Å². The Morgan fingerprint density at radius 3 is 2.79 bits per heavy atom. The van der Waals surface area contributed by atoms with Gasteiger partial charge in [-0.1, -0.05) is 6.07 Å². The van der Waals surface area contributed by atoms with Gasteiger partial charge in [-0.2, -0.15) is 5.10 Å². The Labute approximate surface area is 125 Å². The molecule has 2 rings (SSSR count). The summed E-state index contributed by atoms with van der Waals surface area (Å²) in [5.41, 5.74) is 0.340. The first-order valence-corrected chi connectivity index (χ1v) is 6.85. The second kappa shape index (κ2) is 5.83. The number of aromatic nitrogens is 2. The lowest BCUT2D eigenvalue weighted by atomic mass is 10.2. The number of benzene rings is 1. The van der Waals surface area contributed by atoms with Gasteiger partial charge in [0.15, 0.2) is 11.6 Å². The molecule has 1 aromatic carbocycles. The van der Waals surface area contributed by atoms with Crippen LogP contribution < -0.4 is 10.3 Å². The fourth-order valence-electron chi connectivity index (χ4n) is 1.54. The Bertz CT molecular complexity index is 673. The number of ether oxygens (including phenoxy) is 1. The van der Waals surface area contributed by atoms with Gasteiger partial charge in [0.05, 0.1) is 24.3 Å². The number of hydrogen-bond acceptors (Lipinski definition) is 3. The second-order valence-electron chi connectivity index (χ2n) is 3.74. The molecule has 0 saturated heterocycles. The first-order valence-electron chi connectivity index (χ1n) is 5.26. The van der Waals surface area contributed by atoms with E-state index in [1.807, 2.05) is 0 Å². The van der Waals surface area contributed by atoms with Crippen molar-refractivity contribution in [1.29, 1.82) is 0 Å². The molecule has 0 fully saturated rings. The van der Waals surface area contributed by atoms with Crippen LogP contribution in [0.3, 0.4) is 0 Å². The van der Waals surface area contributed by atoms with Crippen molar-refractivity contribution in [1.82, 2.24) is 9.78 Å². The summed E-state index contributed by atoms with van der Waals surface area (Å²) in [7, 11) is 1.40. The van der Waals surface area contributed by atoms with E-state index in [1.165, 1.54) is 30.1 Å². The quantitative estimate of drug-likeness (QED) is 0.807. The molecule has 0 spiro atoms. The smallest absolute Gasteiger partial charge is 0.282 e. The van der Waals surface area contributed by atoms with Crippen molar-refractivity contribution in [2.75, 3.05) is 7.11 Å². The number of halogens is 3. The van der Waals surface area contributed by atoms with E-state index in [1.54, 1.807) is 6.07 Å². The van der Waals surface area contributed by atoms with Crippen LogP contribution in [0, 0.1) is 5.82 Å². The number of nitrogens with zero attached hydrogens (tertiary/aromatic N) is 2. The summed E-state index contributed by atoms with van der Waals surface area (Å²) < 4.78 is 20.6. The van der Waals surface area contributed by atoms with Gasteiger partial charge in [-0.05, 0) is 49.6 Å². The van der Waals surface area contributed by atoms with Crippen molar-refractivity contribution in [3.05, 3.63) is 55.1 Å². The van der Waals surface area contributed by atoms with E-state index in [2.05, 4.69) is 37.0 Å². The Kier molecular flexibility index (Phi) is 4.36. The highest BCUT2D eigenvalue weighted by atomic mass is 79.9. The third-order valence-electron chi connectivity index (χ3n) is 2.49. The summed E-state index contributed by atoms with van der Waals surface area (Å²) in [5.74, 6) is -0.301. The lowest BCUT2D eigenvalue weighted by Crippen LogP contribution is -2.24. The summed E-state index contributed by atoms with van der Waals surface area (Å²) in [6.45, 7) is 0.186. The van der Waals surface area contributed by atoms with Gasteiger partial charge in [-0.15, -0.1) is 0 Å². The topological polar surface area (TPSA) is 44.1 Å². The van der Waals surface area contributed by atoms with Gasteiger partial charge in [-0.25, -0.2) is 9.07 Å². The fraction of sp³-hybridized carbons (Fsp3) is 0.167. The molecule has 0 atom stereocenters. The number of methoxy groups -OCH3 is 1. The van der Waals surface area contributed by atoms with Gasteiger partial charge in [0, 0.05) is 0 Å². The first kappa shape index (κ1) is 14.2. The summed E-state index contributed by atoms with van der Waals surface area (Å²) in [6.07, 6.45) is 1.51. The van der Waals surface area contributed by atoms with Crippen LogP contribution in [0.4, 0.5) is 4.39 Å². The highest BCUT2D eigenvalue weighted by Crippen LogP contribution is 2.19. The maximum absolute atomic E-state index is 13.5. The van der Waals surface area contributed by atoms with Crippen molar-refractivity contribution in [3.8, 4) is 5.75 Å². The van der Waals surface area contributed by atoms with E-state index in [0.29, 0.717) is 14.5 Å². The molecule has 0 N–H and O–H groups in total. The highest BCUT2D eigenvalue weighted by molar-refractivity contribution is 9.13. The Morgan fingerprint density at radius 1 is 1.42 bits per heavy atom. The van der Waals surface area contributed by atoms with Crippen LogP contribution >= 0.6 is 31.9 Å². The molecule has 0 aliphatic heterocycles. The molecule has 0 bridgehead atoms. The van der Waals surface area contributed by atoms with E-state index >= 15 is 0 Å². The van der Waals surface area contributed by atoms with E-state index < -0.39 is 5.82 Å². The van der Waals surface area contributed by atoms with Crippen LogP contribution in [-0.4, -0.2) is 16.9 Å². The predicted octanol–water partition coefficient (Wildman–Crippen LogP) is 2.96. The molecule has 4 nitrogen and oxygen atoms in total. The maximum atomic E-state index is 13.5. The molecule has 1 aromatic heterocycles. The predicted molar refractivity (Wildman–Crippen MR) is 76.0 cm³/mol. The monoisotopic (exact) mass is 390 g/mol. The van der Waals surface area contributed by atoms with Crippen LogP contribution in [0.5, 0.6) is 5.75 Å². The summed E-state index contributed by atoms with van der Waals surface area (Å²) >= 11 is 6.36. The number of rotatable bonds is 3. The minimum atomic E-state index is -0.468. The lowest BCUT2D eigenvalue weighted by Gasteiger charge is -2.07. The van der Waals surface area contributed by atoms with Gasteiger partial charge >= 0.3 is 0 Å². The van der Waals surface area contributed by atoms with E-state index in [4.69, 9.17) is 4.74 Å². The van der Waals surface area contributed by atoms with E-state index in [0.717, 1.165) is 0 Å². The lowest BCUT2D eigenvalue weighted by molar-refractivity contribution is 0.386. The fourth-order valence-corrected chi connectivity index (χ4v) is 2.11. The third kappa shape index (κ3) is 3.03. The van der Waals surface area contributed by atoms with Crippen molar-refractivity contribution in [3.63, 3.8) is 0 Å². The van der Waals surface area contributed by atoms with Gasteiger partial charge in [-0.3, -0.25) is 4.79 Å². The molecule has 0 aliphatic carbocycles. The van der Waals surface area contributed by atoms with Gasteiger partial charge < -0.3 is 4.74 Å². The molecular formula is C12H9Br2FN2O2. The van der Waals surface area contributed by atoms with Crippen molar-refractivity contribution < 1.29 is 9.13 Å². The standard InChI is InChI=1S/C12H9Br2FN2O2/c1-19-10-3-2-7(4-9(10)15)6-17-12(18)11(14)8(13)5-16-17/h2-5H,6H2,1H3. The molecule has 7 heteroatoms. The Hall–Kier alpha value is -1.21. The maximum Gasteiger partial charge on any atom is 0.282 e. The molecule has 0 unspecified atom stereocenters. The first-order chi connectivity index (χ1) is 9.02.